The molecule has 1 aromatic rings. The van der Waals surface area contributed by atoms with Crippen LogP contribution in [0.5, 0.6) is 5.75 Å². The lowest BCUT2D eigenvalue weighted by molar-refractivity contribution is -0.146. The lowest BCUT2D eigenvalue weighted by Crippen LogP contribution is -2.51. The number of methoxy groups -OCH3 is 1. The van der Waals surface area contributed by atoms with Crippen molar-refractivity contribution in [2.24, 2.45) is 0 Å². The van der Waals surface area contributed by atoms with Gasteiger partial charge in [0.25, 0.3) is 0 Å². The van der Waals surface area contributed by atoms with Crippen LogP contribution in [0.1, 0.15) is 12.0 Å². The SMILES string of the molecule is COc1cccc(CC(=O)N2C[C@@H](F)C[C@H]2C(=O)N2CCOCC2)c1. The summed E-state index contributed by atoms with van der Waals surface area (Å²) in [5.74, 6) is 0.249. The molecule has 2 saturated heterocycles. The summed E-state index contributed by atoms with van der Waals surface area (Å²) in [6, 6.07) is 6.49. The average Bonchev–Trinajstić information content (AvgIpc) is 3.04. The zero-order valence-corrected chi connectivity index (χ0v) is 14.3. The van der Waals surface area contributed by atoms with Crippen molar-refractivity contribution in [3.8, 4) is 5.75 Å². The number of benzene rings is 1. The van der Waals surface area contributed by atoms with Crippen LogP contribution in [0.25, 0.3) is 0 Å². The summed E-state index contributed by atoms with van der Waals surface area (Å²) >= 11 is 0. The molecule has 2 amide bonds. The molecule has 0 N–H and O–H groups in total. The van der Waals surface area contributed by atoms with E-state index in [0.717, 1.165) is 5.56 Å². The predicted octanol–water partition coefficient (Wildman–Crippen LogP) is 1.04. The van der Waals surface area contributed by atoms with E-state index in [0.29, 0.717) is 32.1 Å². The first-order valence-electron chi connectivity index (χ1n) is 8.51. The van der Waals surface area contributed by atoms with Crippen LogP contribution in [0.15, 0.2) is 24.3 Å². The normalized spacial score (nSPS) is 23.6. The highest BCUT2D eigenvalue weighted by Crippen LogP contribution is 2.24. The summed E-state index contributed by atoms with van der Waals surface area (Å²) < 4.78 is 24.4. The van der Waals surface area contributed by atoms with E-state index in [-0.39, 0.29) is 31.2 Å². The highest BCUT2D eigenvalue weighted by atomic mass is 19.1. The average molecular weight is 350 g/mol. The van der Waals surface area contributed by atoms with Gasteiger partial charge in [-0.15, -0.1) is 0 Å². The molecule has 0 unspecified atom stereocenters. The van der Waals surface area contributed by atoms with Crippen molar-refractivity contribution in [1.29, 1.82) is 0 Å². The van der Waals surface area contributed by atoms with Gasteiger partial charge in [-0.25, -0.2) is 4.39 Å². The maximum atomic E-state index is 14.0. The molecular weight excluding hydrogens is 327 g/mol. The molecule has 0 bridgehead atoms. The number of rotatable bonds is 4. The number of morpholine rings is 1. The van der Waals surface area contributed by atoms with Crippen LogP contribution in [0.4, 0.5) is 4.39 Å². The van der Waals surface area contributed by atoms with Crippen LogP contribution in [0.2, 0.25) is 0 Å². The molecule has 0 aromatic heterocycles. The smallest absolute Gasteiger partial charge is 0.245 e. The monoisotopic (exact) mass is 350 g/mol. The van der Waals surface area contributed by atoms with Crippen molar-refractivity contribution >= 4 is 11.8 Å². The second kappa shape index (κ2) is 7.82. The van der Waals surface area contributed by atoms with Gasteiger partial charge in [0.1, 0.15) is 18.0 Å². The summed E-state index contributed by atoms with van der Waals surface area (Å²) in [6.07, 6.45) is -0.971. The van der Waals surface area contributed by atoms with E-state index in [4.69, 9.17) is 9.47 Å². The molecule has 25 heavy (non-hydrogen) atoms. The number of hydrogen-bond acceptors (Lipinski definition) is 4. The largest absolute Gasteiger partial charge is 0.497 e. The molecule has 7 heteroatoms. The van der Waals surface area contributed by atoms with Crippen LogP contribution >= 0.6 is 0 Å². The molecule has 1 aromatic carbocycles. The zero-order chi connectivity index (χ0) is 17.8. The number of halogens is 1. The number of nitrogens with zero attached hydrogens (tertiary/aromatic N) is 2. The Kier molecular flexibility index (Phi) is 5.53. The molecule has 2 aliphatic heterocycles. The lowest BCUT2D eigenvalue weighted by atomic mass is 10.1. The van der Waals surface area contributed by atoms with Crippen LogP contribution in [-0.2, 0) is 20.7 Å². The standard InChI is InChI=1S/C18H23FN2O4/c1-24-15-4-2-3-13(9-15)10-17(22)21-12-14(19)11-16(21)18(23)20-5-7-25-8-6-20/h2-4,9,14,16H,5-8,10-12H2,1H3/t14-,16-/m0/s1. The van der Waals surface area contributed by atoms with Gasteiger partial charge in [0.15, 0.2) is 0 Å². The number of ether oxygens (including phenoxy) is 2. The Morgan fingerprint density at radius 2 is 2.08 bits per heavy atom. The van der Waals surface area contributed by atoms with Gasteiger partial charge in [0.05, 0.1) is 33.3 Å². The molecule has 2 atom stereocenters. The van der Waals surface area contributed by atoms with Crippen molar-refractivity contribution in [3.63, 3.8) is 0 Å². The Hall–Kier alpha value is -2.15. The molecule has 2 heterocycles. The molecule has 2 fully saturated rings. The summed E-state index contributed by atoms with van der Waals surface area (Å²) in [7, 11) is 1.56. The second-order valence-corrected chi connectivity index (χ2v) is 6.36. The fraction of sp³-hybridized carbons (Fsp3) is 0.556. The van der Waals surface area contributed by atoms with Gasteiger partial charge in [-0.2, -0.15) is 0 Å². The van der Waals surface area contributed by atoms with Gasteiger partial charge >= 0.3 is 0 Å². The Morgan fingerprint density at radius 1 is 1.32 bits per heavy atom. The van der Waals surface area contributed by atoms with Gasteiger partial charge in [0, 0.05) is 19.5 Å². The van der Waals surface area contributed by atoms with Gasteiger partial charge in [-0.05, 0) is 17.7 Å². The first-order chi connectivity index (χ1) is 12.1. The number of amides is 2. The summed E-state index contributed by atoms with van der Waals surface area (Å²) in [5.41, 5.74) is 0.782. The van der Waals surface area contributed by atoms with E-state index in [1.807, 2.05) is 6.07 Å². The van der Waals surface area contributed by atoms with Crippen LogP contribution < -0.4 is 4.74 Å². The molecule has 136 valence electrons. The highest BCUT2D eigenvalue weighted by molar-refractivity contribution is 5.89. The quantitative estimate of drug-likeness (QED) is 0.814. The lowest BCUT2D eigenvalue weighted by Gasteiger charge is -2.32. The van der Waals surface area contributed by atoms with Gasteiger partial charge in [-0.3, -0.25) is 9.59 Å². The molecule has 0 aliphatic carbocycles. The summed E-state index contributed by atoms with van der Waals surface area (Å²) in [5, 5.41) is 0. The first-order valence-corrected chi connectivity index (χ1v) is 8.51. The molecule has 3 rings (SSSR count). The minimum Gasteiger partial charge on any atom is -0.497 e. The highest BCUT2D eigenvalue weighted by Gasteiger charge is 2.41. The molecule has 0 spiro atoms. The zero-order valence-electron chi connectivity index (χ0n) is 14.3. The van der Waals surface area contributed by atoms with Crippen LogP contribution in [-0.4, -0.2) is 73.8 Å². The van der Waals surface area contributed by atoms with E-state index >= 15 is 0 Å². The molecule has 0 radical (unpaired) electrons. The third-order valence-electron chi connectivity index (χ3n) is 4.67. The molecule has 6 nitrogen and oxygen atoms in total. The summed E-state index contributed by atoms with van der Waals surface area (Å²) in [6.45, 7) is 1.92. The maximum absolute atomic E-state index is 14.0. The van der Waals surface area contributed by atoms with Crippen molar-refractivity contribution in [2.75, 3.05) is 40.0 Å². The number of likely N-dealkylation sites (tertiary alicyclic amines) is 1. The van der Waals surface area contributed by atoms with E-state index in [9.17, 15) is 14.0 Å². The van der Waals surface area contributed by atoms with E-state index in [1.54, 1.807) is 30.2 Å². The Morgan fingerprint density at radius 3 is 2.80 bits per heavy atom. The van der Waals surface area contributed by atoms with Crippen LogP contribution in [0.3, 0.4) is 0 Å². The third kappa shape index (κ3) is 4.10. The molecular formula is C18H23FN2O4. The molecule has 0 saturated carbocycles. The second-order valence-electron chi connectivity index (χ2n) is 6.36. The number of hydrogen-bond donors (Lipinski definition) is 0. The van der Waals surface area contributed by atoms with Gasteiger partial charge in [-0.1, -0.05) is 12.1 Å². The topological polar surface area (TPSA) is 59.1 Å². The maximum Gasteiger partial charge on any atom is 0.245 e. The fourth-order valence-corrected chi connectivity index (χ4v) is 3.35. The van der Waals surface area contributed by atoms with Crippen molar-refractivity contribution in [2.45, 2.75) is 25.1 Å². The number of carbonyl (C=O) groups is 2. The summed E-state index contributed by atoms with van der Waals surface area (Å²) in [4.78, 5) is 28.4. The van der Waals surface area contributed by atoms with Gasteiger partial charge in [0.2, 0.25) is 11.8 Å². The Balaban J connectivity index is 1.69. The predicted molar refractivity (Wildman–Crippen MR) is 89.1 cm³/mol. The van der Waals surface area contributed by atoms with E-state index < -0.39 is 12.2 Å². The van der Waals surface area contributed by atoms with Gasteiger partial charge < -0.3 is 19.3 Å². The van der Waals surface area contributed by atoms with E-state index in [2.05, 4.69) is 0 Å². The minimum atomic E-state index is -1.16. The number of carbonyl (C=O) groups excluding carboxylic acids is 2. The van der Waals surface area contributed by atoms with Crippen molar-refractivity contribution in [3.05, 3.63) is 29.8 Å². The first kappa shape index (κ1) is 17.7. The number of alkyl halides is 1. The van der Waals surface area contributed by atoms with E-state index in [1.165, 1.54) is 4.90 Å². The Bertz CT molecular complexity index is 633. The third-order valence-corrected chi connectivity index (χ3v) is 4.67. The van der Waals surface area contributed by atoms with Crippen molar-refractivity contribution < 1.29 is 23.5 Å². The fourth-order valence-electron chi connectivity index (χ4n) is 3.35. The minimum absolute atomic E-state index is 0.0243. The van der Waals surface area contributed by atoms with Crippen molar-refractivity contribution in [1.82, 2.24) is 9.80 Å². The Labute approximate surface area is 146 Å². The van der Waals surface area contributed by atoms with Crippen LogP contribution in [0, 0.1) is 0 Å². The molecule has 2 aliphatic rings.